The first kappa shape index (κ1) is 17.9. The Balaban J connectivity index is 1.87. The molecule has 2 aromatic carbocycles. The lowest BCUT2D eigenvalue weighted by Gasteiger charge is -2.11. The Morgan fingerprint density at radius 1 is 0.958 bits per heavy atom. The molecule has 0 bridgehead atoms. The van der Waals surface area contributed by atoms with Gasteiger partial charge >= 0.3 is 6.18 Å². The molecule has 0 saturated heterocycles. The first-order valence-corrected chi connectivity index (χ1v) is 7.32. The maximum Gasteiger partial charge on any atom is 0.422 e. The van der Waals surface area contributed by atoms with Gasteiger partial charge in [-0.1, -0.05) is 12.1 Å². The molecule has 0 heterocycles. The third kappa shape index (κ3) is 6.37. The second-order valence-corrected chi connectivity index (χ2v) is 5.00. The predicted octanol–water partition coefficient (Wildman–Crippen LogP) is 3.61. The molecule has 0 aliphatic rings. The number of ether oxygens (including phenoxy) is 2. The van der Waals surface area contributed by atoms with Gasteiger partial charge in [-0.2, -0.15) is 13.2 Å². The molecule has 7 heteroatoms. The molecule has 4 nitrogen and oxygen atoms in total. The molecule has 130 valence electrons. The topological polar surface area (TPSA) is 50.7 Å². The third-order valence-electron chi connectivity index (χ3n) is 3.01. The lowest BCUT2D eigenvalue weighted by molar-refractivity contribution is -0.153. The molecule has 0 aromatic heterocycles. The van der Waals surface area contributed by atoms with Gasteiger partial charge in [-0.15, -0.1) is 0 Å². The minimum Gasteiger partial charge on any atom is -0.491 e. The summed E-state index contributed by atoms with van der Waals surface area (Å²) in [5, 5.41) is 11.8. The Labute approximate surface area is 137 Å². The summed E-state index contributed by atoms with van der Waals surface area (Å²) in [4.78, 5) is 0. The SMILES string of the molecule is OCCOc1ccc(NCc2cccc(OCC(F)(F)F)c2)cc1. The Hall–Kier alpha value is -2.41. The third-order valence-corrected chi connectivity index (χ3v) is 3.01. The van der Waals surface area contributed by atoms with Gasteiger partial charge in [0.2, 0.25) is 0 Å². The van der Waals surface area contributed by atoms with E-state index in [9.17, 15) is 13.2 Å². The van der Waals surface area contributed by atoms with Crippen LogP contribution in [0.3, 0.4) is 0 Å². The lowest BCUT2D eigenvalue weighted by Crippen LogP contribution is -2.19. The first-order chi connectivity index (χ1) is 11.5. The highest BCUT2D eigenvalue weighted by Gasteiger charge is 2.28. The fourth-order valence-corrected chi connectivity index (χ4v) is 1.95. The summed E-state index contributed by atoms with van der Waals surface area (Å²) in [5.41, 5.74) is 1.64. The highest BCUT2D eigenvalue weighted by molar-refractivity contribution is 5.47. The van der Waals surface area contributed by atoms with Crippen LogP contribution < -0.4 is 14.8 Å². The molecule has 0 spiro atoms. The molecule has 0 aliphatic carbocycles. The number of anilines is 1. The van der Waals surface area contributed by atoms with Crippen molar-refractivity contribution < 1.29 is 27.8 Å². The average molecular weight is 341 g/mol. The van der Waals surface area contributed by atoms with Gasteiger partial charge in [0.05, 0.1) is 6.61 Å². The Morgan fingerprint density at radius 3 is 2.38 bits per heavy atom. The zero-order chi connectivity index (χ0) is 17.4. The summed E-state index contributed by atoms with van der Waals surface area (Å²) in [5.74, 6) is 0.830. The number of benzene rings is 2. The molecule has 0 radical (unpaired) electrons. The van der Waals surface area contributed by atoms with Crippen LogP contribution in [0.1, 0.15) is 5.56 Å². The highest BCUT2D eigenvalue weighted by Crippen LogP contribution is 2.20. The fourth-order valence-electron chi connectivity index (χ4n) is 1.95. The van der Waals surface area contributed by atoms with Crippen LogP contribution in [0.5, 0.6) is 11.5 Å². The minimum absolute atomic E-state index is 0.0489. The van der Waals surface area contributed by atoms with E-state index in [1.807, 2.05) is 12.1 Å². The molecular formula is C17H18F3NO3. The molecule has 2 N–H and O–H groups in total. The summed E-state index contributed by atoms with van der Waals surface area (Å²) in [6.45, 7) is -0.677. The summed E-state index contributed by atoms with van der Waals surface area (Å²) < 4.78 is 46.5. The van der Waals surface area contributed by atoms with Crippen molar-refractivity contribution in [2.24, 2.45) is 0 Å². The van der Waals surface area contributed by atoms with Crippen LogP contribution in [0.2, 0.25) is 0 Å². The molecule has 24 heavy (non-hydrogen) atoms. The van der Waals surface area contributed by atoms with E-state index in [1.165, 1.54) is 6.07 Å². The molecule has 0 amide bonds. The van der Waals surface area contributed by atoms with Crippen molar-refractivity contribution in [2.45, 2.75) is 12.7 Å². The molecule has 0 aliphatic heterocycles. The van der Waals surface area contributed by atoms with Crippen molar-refractivity contribution in [3.8, 4) is 11.5 Å². The Morgan fingerprint density at radius 2 is 1.71 bits per heavy atom. The van der Waals surface area contributed by atoms with Gasteiger partial charge in [0.1, 0.15) is 18.1 Å². The molecule has 0 atom stereocenters. The zero-order valence-electron chi connectivity index (χ0n) is 12.8. The van der Waals surface area contributed by atoms with Gasteiger partial charge in [-0.05, 0) is 42.0 Å². The second-order valence-electron chi connectivity index (χ2n) is 5.00. The van der Waals surface area contributed by atoms with E-state index in [2.05, 4.69) is 5.32 Å². The van der Waals surface area contributed by atoms with Gasteiger partial charge in [0.15, 0.2) is 6.61 Å². The fraction of sp³-hybridized carbons (Fsp3) is 0.294. The summed E-state index contributed by atoms with van der Waals surface area (Å²) in [6, 6.07) is 13.7. The molecule has 2 rings (SSSR count). The van der Waals surface area contributed by atoms with E-state index in [-0.39, 0.29) is 19.0 Å². The zero-order valence-corrected chi connectivity index (χ0v) is 12.8. The van der Waals surface area contributed by atoms with E-state index >= 15 is 0 Å². The van der Waals surface area contributed by atoms with E-state index in [1.54, 1.807) is 30.3 Å². The standard InChI is InChI=1S/C17H18F3NO3/c18-17(19,20)12-24-16-3-1-2-13(10-16)11-21-14-4-6-15(7-5-14)23-9-8-22/h1-7,10,21-22H,8-9,11-12H2. The number of aliphatic hydroxyl groups excluding tert-OH is 1. The van der Waals surface area contributed by atoms with Crippen molar-refractivity contribution in [2.75, 3.05) is 25.1 Å². The van der Waals surface area contributed by atoms with Crippen LogP contribution in [-0.4, -0.2) is 31.1 Å². The monoisotopic (exact) mass is 341 g/mol. The summed E-state index contributed by atoms with van der Waals surface area (Å²) in [7, 11) is 0. The number of alkyl halides is 3. The molecule has 0 fully saturated rings. The van der Waals surface area contributed by atoms with Crippen molar-refractivity contribution in [1.82, 2.24) is 0 Å². The van der Waals surface area contributed by atoms with E-state index < -0.39 is 12.8 Å². The summed E-state index contributed by atoms with van der Waals surface area (Å²) >= 11 is 0. The van der Waals surface area contributed by atoms with Crippen molar-refractivity contribution in [3.05, 3.63) is 54.1 Å². The van der Waals surface area contributed by atoms with Crippen molar-refractivity contribution in [3.63, 3.8) is 0 Å². The van der Waals surface area contributed by atoms with Crippen LogP contribution in [0, 0.1) is 0 Å². The molecule has 0 saturated carbocycles. The Kier molecular flexibility index (Phi) is 6.31. The first-order valence-electron chi connectivity index (χ1n) is 7.32. The van der Waals surface area contributed by atoms with E-state index in [0.717, 1.165) is 11.3 Å². The number of halogens is 3. The quantitative estimate of drug-likeness (QED) is 0.770. The van der Waals surface area contributed by atoms with Gasteiger partial charge < -0.3 is 19.9 Å². The van der Waals surface area contributed by atoms with Gasteiger partial charge in [0.25, 0.3) is 0 Å². The number of rotatable bonds is 8. The smallest absolute Gasteiger partial charge is 0.422 e. The van der Waals surface area contributed by atoms with Gasteiger partial charge in [0, 0.05) is 12.2 Å². The van der Waals surface area contributed by atoms with E-state index in [0.29, 0.717) is 12.3 Å². The minimum atomic E-state index is -4.35. The maximum atomic E-state index is 12.2. The van der Waals surface area contributed by atoms with Gasteiger partial charge in [-0.3, -0.25) is 0 Å². The van der Waals surface area contributed by atoms with Crippen LogP contribution in [0.4, 0.5) is 18.9 Å². The van der Waals surface area contributed by atoms with Crippen LogP contribution in [-0.2, 0) is 6.54 Å². The van der Waals surface area contributed by atoms with Crippen molar-refractivity contribution >= 4 is 5.69 Å². The normalized spacial score (nSPS) is 11.2. The molecule has 2 aromatic rings. The Bertz CT molecular complexity index is 630. The maximum absolute atomic E-state index is 12.2. The average Bonchev–Trinajstić information content (AvgIpc) is 2.57. The largest absolute Gasteiger partial charge is 0.491 e. The molecule has 0 unspecified atom stereocenters. The number of hydrogen-bond donors (Lipinski definition) is 2. The number of aliphatic hydroxyl groups is 1. The van der Waals surface area contributed by atoms with Crippen LogP contribution in [0.15, 0.2) is 48.5 Å². The molecular weight excluding hydrogens is 323 g/mol. The lowest BCUT2D eigenvalue weighted by atomic mass is 10.2. The highest BCUT2D eigenvalue weighted by atomic mass is 19.4. The summed E-state index contributed by atoms with van der Waals surface area (Å²) in [6.07, 6.45) is -4.35. The van der Waals surface area contributed by atoms with Crippen LogP contribution >= 0.6 is 0 Å². The van der Waals surface area contributed by atoms with Gasteiger partial charge in [-0.25, -0.2) is 0 Å². The number of nitrogens with one attached hydrogen (secondary N) is 1. The van der Waals surface area contributed by atoms with Crippen LogP contribution in [0.25, 0.3) is 0 Å². The predicted molar refractivity (Wildman–Crippen MR) is 84.3 cm³/mol. The van der Waals surface area contributed by atoms with Crippen molar-refractivity contribution in [1.29, 1.82) is 0 Å². The number of hydrogen-bond acceptors (Lipinski definition) is 4. The van der Waals surface area contributed by atoms with E-state index in [4.69, 9.17) is 14.6 Å². The second kappa shape index (κ2) is 8.44.